The molecule has 150 valence electrons. The normalized spacial score (nSPS) is 18.5. The average molecular weight is 385 g/mol. The van der Waals surface area contributed by atoms with E-state index in [0.29, 0.717) is 31.1 Å². The molecule has 0 saturated carbocycles. The Kier molecular flexibility index (Phi) is 6.73. The first kappa shape index (κ1) is 20.0. The van der Waals surface area contributed by atoms with Crippen LogP contribution in [0.25, 0.3) is 0 Å². The van der Waals surface area contributed by atoms with E-state index in [-0.39, 0.29) is 18.0 Å². The lowest BCUT2D eigenvalue weighted by molar-refractivity contribution is -0.123. The van der Waals surface area contributed by atoms with Gasteiger partial charge in [-0.25, -0.2) is 10.9 Å². The standard InChI is InChI=1S/C21H27N3O4/c1-4-28-19-10-5-14(11-20(19)27-3)13-22-21(25)18-12-17(23-24-18)15-6-8-16(26-2)9-7-15/h5-11,17-18,23-24H,4,12-13H2,1-3H3,(H,22,25). The van der Waals surface area contributed by atoms with Crippen LogP contribution in [-0.4, -0.2) is 32.8 Å². The number of hydrazine groups is 1. The van der Waals surface area contributed by atoms with Crippen molar-refractivity contribution in [2.45, 2.75) is 32.0 Å². The topological polar surface area (TPSA) is 80.9 Å². The highest BCUT2D eigenvalue weighted by molar-refractivity contribution is 5.82. The van der Waals surface area contributed by atoms with Gasteiger partial charge in [-0.3, -0.25) is 4.79 Å². The molecule has 1 aliphatic rings. The van der Waals surface area contributed by atoms with Gasteiger partial charge in [0.15, 0.2) is 11.5 Å². The number of methoxy groups -OCH3 is 2. The molecule has 1 fully saturated rings. The highest BCUT2D eigenvalue weighted by atomic mass is 16.5. The molecule has 1 amide bonds. The summed E-state index contributed by atoms with van der Waals surface area (Å²) in [6.07, 6.45) is 0.671. The predicted molar refractivity (Wildman–Crippen MR) is 106 cm³/mol. The van der Waals surface area contributed by atoms with Crippen molar-refractivity contribution in [3.05, 3.63) is 53.6 Å². The zero-order valence-electron chi connectivity index (χ0n) is 16.5. The predicted octanol–water partition coefficient (Wildman–Crippen LogP) is 2.33. The number of ether oxygens (including phenoxy) is 3. The van der Waals surface area contributed by atoms with E-state index in [1.54, 1.807) is 14.2 Å². The highest BCUT2D eigenvalue weighted by Gasteiger charge is 2.29. The maximum atomic E-state index is 12.5. The van der Waals surface area contributed by atoms with Crippen molar-refractivity contribution in [1.29, 1.82) is 0 Å². The van der Waals surface area contributed by atoms with Gasteiger partial charge in [-0.05, 0) is 48.7 Å². The lowest BCUT2D eigenvalue weighted by atomic mass is 10.0. The number of hydrogen-bond acceptors (Lipinski definition) is 6. The summed E-state index contributed by atoms with van der Waals surface area (Å²) in [7, 11) is 3.25. The van der Waals surface area contributed by atoms with Gasteiger partial charge in [0.05, 0.1) is 20.8 Å². The van der Waals surface area contributed by atoms with Crippen LogP contribution in [0.3, 0.4) is 0 Å². The molecule has 7 heteroatoms. The Hall–Kier alpha value is -2.77. The van der Waals surface area contributed by atoms with Gasteiger partial charge in [-0.1, -0.05) is 18.2 Å². The number of rotatable bonds is 8. The molecule has 2 atom stereocenters. The van der Waals surface area contributed by atoms with E-state index >= 15 is 0 Å². The summed E-state index contributed by atoms with van der Waals surface area (Å²) in [5, 5.41) is 2.98. The molecule has 3 N–H and O–H groups in total. The summed E-state index contributed by atoms with van der Waals surface area (Å²) in [4.78, 5) is 12.5. The monoisotopic (exact) mass is 385 g/mol. The first-order chi connectivity index (χ1) is 13.6. The molecule has 2 aromatic rings. The van der Waals surface area contributed by atoms with E-state index in [2.05, 4.69) is 16.2 Å². The molecule has 28 heavy (non-hydrogen) atoms. The van der Waals surface area contributed by atoms with Crippen LogP contribution >= 0.6 is 0 Å². The molecular formula is C21H27N3O4. The first-order valence-corrected chi connectivity index (χ1v) is 9.37. The van der Waals surface area contributed by atoms with Gasteiger partial charge in [0, 0.05) is 12.6 Å². The van der Waals surface area contributed by atoms with Gasteiger partial charge in [-0.15, -0.1) is 0 Å². The second-order valence-electron chi connectivity index (χ2n) is 6.54. The van der Waals surface area contributed by atoms with E-state index in [0.717, 1.165) is 16.9 Å². The van der Waals surface area contributed by atoms with Crippen molar-refractivity contribution in [3.63, 3.8) is 0 Å². The van der Waals surface area contributed by atoms with Gasteiger partial charge >= 0.3 is 0 Å². The third kappa shape index (κ3) is 4.74. The van der Waals surface area contributed by atoms with Crippen LogP contribution < -0.4 is 30.4 Å². The summed E-state index contributed by atoms with van der Waals surface area (Å²) >= 11 is 0. The van der Waals surface area contributed by atoms with E-state index in [9.17, 15) is 4.79 Å². The van der Waals surface area contributed by atoms with Gasteiger partial charge < -0.3 is 19.5 Å². The molecule has 0 radical (unpaired) electrons. The number of nitrogens with one attached hydrogen (secondary N) is 3. The minimum absolute atomic E-state index is 0.0450. The van der Waals surface area contributed by atoms with E-state index in [1.165, 1.54) is 0 Å². The van der Waals surface area contributed by atoms with Crippen LogP contribution in [0.15, 0.2) is 42.5 Å². The molecule has 1 saturated heterocycles. The average Bonchev–Trinajstić information content (AvgIpc) is 3.23. The second-order valence-corrected chi connectivity index (χ2v) is 6.54. The Labute approximate surface area is 165 Å². The Bertz CT molecular complexity index is 795. The Morgan fingerprint density at radius 2 is 1.86 bits per heavy atom. The SMILES string of the molecule is CCOc1ccc(CNC(=O)C2CC(c3ccc(OC)cc3)NN2)cc1OC. The fourth-order valence-corrected chi connectivity index (χ4v) is 3.19. The van der Waals surface area contributed by atoms with Crippen LogP contribution in [0.1, 0.15) is 30.5 Å². The Morgan fingerprint density at radius 3 is 2.54 bits per heavy atom. The quantitative estimate of drug-likeness (QED) is 0.647. The van der Waals surface area contributed by atoms with Gasteiger partial charge in [0.1, 0.15) is 11.8 Å². The van der Waals surface area contributed by atoms with E-state index < -0.39 is 0 Å². The van der Waals surface area contributed by atoms with Crippen LogP contribution in [0.2, 0.25) is 0 Å². The van der Waals surface area contributed by atoms with Crippen LogP contribution in [0.4, 0.5) is 0 Å². The van der Waals surface area contributed by atoms with E-state index in [1.807, 2.05) is 49.4 Å². The minimum atomic E-state index is -0.295. The molecule has 2 aromatic carbocycles. The maximum Gasteiger partial charge on any atom is 0.238 e. The summed E-state index contributed by atoms with van der Waals surface area (Å²) in [6, 6.07) is 13.3. The van der Waals surface area contributed by atoms with Crippen LogP contribution in [0, 0.1) is 0 Å². The maximum absolute atomic E-state index is 12.5. The minimum Gasteiger partial charge on any atom is -0.497 e. The number of carbonyl (C=O) groups is 1. The molecule has 1 heterocycles. The molecule has 3 rings (SSSR count). The number of benzene rings is 2. The molecule has 0 bridgehead atoms. The van der Waals surface area contributed by atoms with E-state index in [4.69, 9.17) is 14.2 Å². The number of amides is 1. The molecule has 2 unspecified atom stereocenters. The fourth-order valence-electron chi connectivity index (χ4n) is 3.19. The molecule has 7 nitrogen and oxygen atoms in total. The molecule has 0 spiro atoms. The molecule has 1 aliphatic heterocycles. The second kappa shape index (κ2) is 9.43. The third-order valence-corrected chi connectivity index (χ3v) is 4.73. The molecule has 0 aliphatic carbocycles. The van der Waals surface area contributed by atoms with Gasteiger partial charge in [0.25, 0.3) is 0 Å². The third-order valence-electron chi connectivity index (χ3n) is 4.73. The summed E-state index contributed by atoms with van der Waals surface area (Å²) in [5.74, 6) is 2.13. The van der Waals surface area contributed by atoms with Crippen LogP contribution in [-0.2, 0) is 11.3 Å². The summed E-state index contributed by atoms with van der Waals surface area (Å²) in [5.41, 5.74) is 8.33. The van der Waals surface area contributed by atoms with Crippen molar-refractivity contribution in [1.82, 2.24) is 16.2 Å². The lowest BCUT2D eigenvalue weighted by Crippen LogP contribution is -2.42. The van der Waals surface area contributed by atoms with Gasteiger partial charge in [0.2, 0.25) is 5.91 Å². The van der Waals surface area contributed by atoms with Crippen molar-refractivity contribution in [3.8, 4) is 17.2 Å². The van der Waals surface area contributed by atoms with Crippen molar-refractivity contribution in [2.24, 2.45) is 0 Å². The Morgan fingerprint density at radius 1 is 1.07 bits per heavy atom. The van der Waals surface area contributed by atoms with Gasteiger partial charge in [-0.2, -0.15) is 0 Å². The van der Waals surface area contributed by atoms with Crippen LogP contribution in [0.5, 0.6) is 17.2 Å². The summed E-state index contributed by atoms with van der Waals surface area (Å²) < 4.78 is 16.1. The highest BCUT2D eigenvalue weighted by Crippen LogP contribution is 2.28. The number of carbonyl (C=O) groups excluding carboxylic acids is 1. The zero-order chi connectivity index (χ0) is 19.9. The molecular weight excluding hydrogens is 358 g/mol. The Balaban J connectivity index is 1.54. The van der Waals surface area contributed by atoms with Crippen molar-refractivity contribution >= 4 is 5.91 Å². The number of hydrogen-bond donors (Lipinski definition) is 3. The van der Waals surface area contributed by atoms with Crippen molar-refractivity contribution < 1.29 is 19.0 Å². The lowest BCUT2D eigenvalue weighted by Gasteiger charge is -2.13. The fraction of sp³-hybridized carbons (Fsp3) is 0.381. The summed E-state index contributed by atoms with van der Waals surface area (Å²) in [6.45, 7) is 2.92. The first-order valence-electron chi connectivity index (χ1n) is 9.37. The largest absolute Gasteiger partial charge is 0.497 e. The zero-order valence-corrected chi connectivity index (χ0v) is 16.5. The smallest absolute Gasteiger partial charge is 0.238 e. The van der Waals surface area contributed by atoms with Crippen molar-refractivity contribution in [2.75, 3.05) is 20.8 Å². The molecule has 0 aromatic heterocycles.